The molecule has 2 heterocycles. The fraction of sp³-hybridized carbons (Fsp3) is 0.278. The number of nitrogens with one attached hydrogen (secondary N) is 2. The zero-order chi connectivity index (χ0) is 19.1. The lowest BCUT2D eigenvalue weighted by atomic mass is 9.93. The van der Waals surface area contributed by atoms with Crippen molar-refractivity contribution in [1.29, 1.82) is 0 Å². The van der Waals surface area contributed by atoms with Crippen LogP contribution >= 0.6 is 11.6 Å². The number of benzene rings is 1. The first-order valence-corrected chi connectivity index (χ1v) is 9.87. The zero-order valence-electron chi connectivity index (χ0n) is 14.9. The van der Waals surface area contributed by atoms with E-state index in [1.807, 2.05) is 13.0 Å². The second-order valence-electron chi connectivity index (χ2n) is 7.06. The molecule has 0 aliphatic carbocycles. The van der Waals surface area contributed by atoms with E-state index in [0.29, 0.717) is 10.7 Å². The lowest BCUT2D eigenvalue weighted by molar-refractivity contribution is 0.396. The minimum absolute atomic E-state index is 0.112. The molecule has 0 unspecified atom stereocenters. The molecular weight excluding hydrogens is 374 g/mol. The maximum Gasteiger partial charge on any atom is 0.263 e. The van der Waals surface area contributed by atoms with Crippen LogP contribution in [0.25, 0.3) is 11.3 Å². The summed E-state index contributed by atoms with van der Waals surface area (Å²) in [7, 11) is -3.74. The number of hydrogen-bond acceptors (Lipinski definition) is 4. The Bertz CT molecular complexity index is 1030. The predicted molar refractivity (Wildman–Crippen MR) is 102 cm³/mol. The van der Waals surface area contributed by atoms with E-state index in [2.05, 4.69) is 35.7 Å². The summed E-state index contributed by atoms with van der Waals surface area (Å²) in [4.78, 5) is 0.112. The van der Waals surface area contributed by atoms with Crippen LogP contribution in [-0.4, -0.2) is 18.6 Å². The van der Waals surface area contributed by atoms with Gasteiger partial charge < -0.3 is 4.42 Å². The number of hydrogen-bond donors (Lipinski definition) is 2. The fourth-order valence-electron chi connectivity index (χ4n) is 2.44. The predicted octanol–water partition coefficient (Wildman–Crippen LogP) is 4.73. The highest BCUT2D eigenvalue weighted by atomic mass is 35.5. The Morgan fingerprint density at radius 1 is 1.15 bits per heavy atom. The fourth-order valence-corrected chi connectivity index (χ4v) is 3.56. The molecule has 0 saturated heterocycles. The molecule has 0 amide bonds. The summed E-state index contributed by atoms with van der Waals surface area (Å²) in [5.74, 6) is 1.79. The van der Waals surface area contributed by atoms with Crippen molar-refractivity contribution in [2.24, 2.45) is 0 Å². The van der Waals surface area contributed by atoms with Crippen molar-refractivity contribution in [3.63, 3.8) is 0 Å². The number of halogens is 1. The van der Waals surface area contributed by atoms with Gasteiger partial charge in [-0.05, 0) is 37.3 Å². The third-order valence-electron chi connectivity index (χ3n) is 3.89. The van der Waals surface area contributed by atoms with Gasteiger partial charge in [-0.3, -0.25) is 9.82 Å². The van der Waals surface area contributed by atoms with E-state index in [1.54, 1.807) is 6.07 Å². The van der Waals surface area contributed by atoms with Gasteiger partial charge in [0.25, 0.3) is 10.0 Å². The lowest BCUT2D eigenvalue weighted by Gasteiger charge is -2.13. The molecular formula is C18H20ClN3O3S. The molecule has 6 nitrogen and oxygen atoms in total. The molecule has 0 aliphatic heterocycles. The molecule has 0 aliphatic rings. The number of sulfonamides is 1. The molecule has 8 heteroatoms. The highest BCUT2D eigenvalue weighted by Gasteiger charge is 2.22. The highest BCUT2D eigenvalue weighted by Crippen LogP contribution is 2.33. The largest absolute Gasteiger partial charge is 0.465 e. The van der Waals surface area contributed by atoms with Crippen molar-refractivity contribution in [3.8, 4) is 11.3 Å². The average molecular weight is 394 g/mol. The van der Waals surface area contributed by atoms with E-state index in [-0.39, 0.29) is 16.1 Å². The quantitative estimate of drug-likeness (QED) is 0.670. The van der Waals surface area contributed by atoms with E-state index in [4.69, 9.17) is 16.0 Å². The lowest BCUT2D eigenvalue weighted by Crippen LogP contribution is -2.13. The van der Waals surface area contributed by atoms with Gasteiger partial charge in [0, 0.05) is 22.1 Å². The standard InChI is InChI=1S/C18H20ClN3O3S/c1-11-14(9-16(25-11)18(2,3)4)15-10-17(21-20-15)22-26(23,24)13-7-5-12(19)6-8-13/h5-10H,1-4H3,(H2,20,21,22). The molecule has 3 rings (SSSR count). The number of anilines is 1. The first kappa shape index (κ1) is 18.5. The summed E-state index contributed by atoms with van der Waals surface area (Å²) >= 11 is 5.80. The number of rotatable bonds is 4. The van der Waals surface area contributed by atoms with Gasteiger partial charge in [0.05, 0.1) is 10.6 Å². The van der Waals surface area contributed by atoms with Gasteiger partial charge in [-0.15, -0.1) is 0 Å². The second kappa shape index (κ2) is 6.48. The first-order chi connectivity index (χ1) is 12.1. The third-order valence-corrected chi connectivity index (χ3v) is 5.51. The topological polar surface area (TPSA) is 88.0 Å². The van der Waals surface area contributed by atoms with Crippen LogP contribution in [0.3, 0.4) is 0 Å². The van der Waals surface area contributed by atoms with Gasteiger partial charge in [0.2, 0.25) is 0 Å². The van der Waals surface area contributed by atoms with Crippen LogP contribution in [0, 0.1) is 6.92 Å². The maximum absolute atomic E-state index is 12.4. The second-order valence-corrected chi connectivity index (χ2v) is 9.18. The first-order valence-electron chi connectivity index (χ1n) is 8.01. The minimum Gasteiger partial charge on any atom is -0.465 e. The van der Waals surface area contributed by atoms with E-state index < -0.39 is 10.0 Å². The molecule has 2 N–H and O–H groups in total. The Balaban J connectivity index is 1.87. The molecule has 138 valence electrons. The third kappa shape index (κ3) is 3.78. The van der Waals surface area contributed by atoms with Gasteiger partial charge in [0.1, 0.15) is 11.5 Å². The van der Waals surface area contributed by atoms with Crippen molar-refractivity contribution in [2.45, 2.75) is 38.0 Å². The monoisotopic (exact) mass is 393 g/mol. The number of furan rings is 1. The smallest absolute Gasteiger partial charge is 0.263 e. The molecule has 0 spiro atoms. The molecule has 2 aromatic heterocycles. The average Bonchev–Trinajstić information content (AvgIpc) is 3.13. The number of H-pyrrole nitrogens is 1. The van der Waals surface area contributed by atoms with Gasteiger partial charge >= 0.3 is 0 Å². The molecule has 3 aromatic rings. The van der Waals surface area contributed by atoms with E-state index >= 15 is 0 Å². The van der Waals surface area contributed by atoms with Crippen LogP contribution in [0.4, 0.5) is 5.82 Å². The van der Waals surface area contributed by atoms with Gasteiger partial charge in [-0.2, -0.15) is 5.10 Å². The SMILES string of the molecule is Cc1oc(C(C)(C)C)cc1-c1cc(NS(=O)(=O)c2ccc(Cl)cc2)n[nH]1. The summed E-state index contributed by atoms with van der Waals surface area (Å²) in [5, 5.41) is 7.37. The summed E-state index contributed by atoms with van der Waals surface area (Å²) in [5.41, 5.74) is 1.40. The van der Waals surface area contributed by atoms with E-state index in [0.717, 1.165) is 17.1 Å². The number of aryl methyl sites for hydroxylation is 1. The zero-order valence-corrected chi connectivity index (χ0v) is 16.5. The van der Waals surface area contributed by atoms with Crippen LogP contribution in [0.15, 0.2) is 45.7 Å². The Kier molecular flexibility index (Phi) is 4.62. The highest BCUT2D eigenvalue weighted by molar-refractivity contribution is 7.92. The number of aromatic amines is 1. The molecule has 0 radical (unpaired) electrons. The van der Waals surface area contributed by atoms with E-state index in [9.17, 15) is 8.42 Å². The summed E-state index contributed by atoms with van der Waals surface area (Å²) < 4.78 is 33.2. The maximum atomic E-state index is 12.4. The van der Waals surface area contributed by atoms with Crippen LogP contribution in [-0.2, 0) is 15.4 Å². The summed E-state index contributed by atoms with van der Waals surface area (Å²) in [6.45, 7) is 8.05. The Hall–Kier alpha value is -2.25. The van der Waals surface area contributed by atoms with Crippen LogP contribution < -0.4 is 4.72 Å². The van der Waals surface area contributed by atoms with Crippen molar-refractivity contribution in [3.05, 3.63) is 52.9 Å². The Morgan fingerprint density at radius 2 is 1.81 bits per heavy atom. The molecule has 0 fully saturated rings. The van der Waals surface area contributed by atoms with Crippen molar-refractivity contribution in [2.75, 3.05) is 4.72 Å². The molecule has 0 bridgehead atoms. The molecule has 26 heavy (non-hydrogen) atoms. The van der Waals surface area contributed by atoms with Crippen molar-refractivity contribution >= 4 is 27.4 Å². The van der Waals surface area contributed by atoms with Crippen LogP contribution in [0.1, 0.15) is 32.3 Å². The van der Waals surface area contributed by atoms with E-state index in [1.165, 1.54) is 24.3 Å². The van der Waals surface area contributed by atoms with Crippen molar-refractivity contribution in [1.82, 2.24) is 10.2 Å². The number of nitrogens with zero attached hydrogens (tertiary/aromatic N) is 1. The van der Waals surface area contributed by atoms with Crippen molar-refractivity contribution < 1.29 is 12.8 Å². The summed E-state index contributed by atoms with van der Waals surface area (Å²) in [6, 6.07) is 9.50. The Morgan fingerprint density at radius 3 is 2.38 bits per heavy atom. The van der Waals surface area contributed by atoms with Gasteiger partial charge in [-0.1, -0.05) is 32.4 Å². The van der Waals surface area contributed by atoms with Crippen LogP contribution in [0.5, 0.6) is 0 Å². The van der Waals surface area contributed by atoms with Gasteiger partial charge in [-0.25, -0.2) is 8.42 Å². The Labute approximate surface area is 157 Å². The normalized spacial score (nSPS) is 12.3. The van der Waals surface area contributed by atoms with Crippen LogP contribution in [0.2, 0.25) is 5.02 Å². The number of aromatic nitrogens is 2. The molecule has 0 saturated carbocycles. The summed E-state index contributed by atoms with van der Waals surface area (Å²) in [6.07, 6.45) is 0. The molecule has 0 atom stereocenters. The molecule has 1 aromatic carbocycles. The minimum atomic E-state index is -3.74. The van der Waals surface area contributed by atoms with Gasteiger partial charge in [0.15, 0.2) is 5.82 Å².